The highest BCUT2D eigenvalue weighted by Crippen LogP contribution is 2.38. The Morgan fingerprint density at radius 3 is 2.38 bits per heavy atom. The third-order valence-corrected chi connectivity index (χ3v) is 8.50. The molecule has 14 heteroatoms. The summed E-state index contributed by atoms with van der Waals surface area (Å²) in [6.45, 7) is 2.16. The number of nitro groups is 1. The van der Waals surface area contributed by atoms with E-state index < -0.39 is 26.2 Å². The molecule has 0 atom stereocenters. The molecule has 0 aromatic heterocycles. The van der Waals surface area contributed by atoms with Gasteiger partial charge in [-0.3, -0.25) is 24.6 Å². The van der Waals surface area contributed by atoms with Gasteiger partial charge in [0.05, 0.1) is 27.1 Å². The third kappa shape index (κ3) is 6.74. The van der Waals surface area contributed by atoms with Gasteiger partial charge in [-0.25, -0.2) is 0 Å². The molecule has 0 radical (unpaired) electrons. The van der Waals surface area contributed by atoms with E-state index in [4.69, 9.17) is 13.7 Å². The molecule has 208 valence electrons. The lowest BCUT2D eigenvalue weighted by Crippen LogP contribution is -2.32. The van der Waals surface area contributed by atoms with Gasteiger partial charge in [0.2, 0.25) is 0 Å². The first kappa shape index (κ1) is 29.4. The van der Waals surface area contributed by atoms with Gasteiger partial charge in [-0.15, -0.1) is 0 Å². The van der Waals surface area contributed by atoms with Gasteiger partial charge in [-0.1, -0.05) is 17.7 Å². The van der Waals surface area contributed by atoms with Crippen molar-refractivity contribution < 1.29 is 36.6 Å². The number of benzene rings is 3. The second-order valence-electron chi connectivity index (χ2n) is 8.32. The molecule has 0 N–H and O–H groups in total. The van der Waals surface area contributed by atoms with E-state index in [1.165, 1.54) is 19.3 Å². The topological polar surface area (TPSA) is 142 Å². The van der Waals surface area contributed by atoms with Crippen LogP contribution in [-0.4, -0.2) is 49.6 Å². The van der Waals surface area contributed by atoms with Crippen molar-refractivity contribution in [2.24, 2.45) is 0 Å². The van der Waals surface area contributed by atoms with Crippen LogP contribution in [0.25, 0.3) is 6.08 Å². The maximum absolute atomic E-state index is 12.9. The summed E-state index contributed by atoms with van der Waals surface area (Å²) in [5.41, 5.74) is 1.29. The fraction of sp³-hybridized carbons (Fsp3) is 0.154. The average molecular weight is 696 g/mol. The zero-order valence-electron chi connectivity index (χ0n) is 21.0. The molecule has 2 amide bonds. The summed E-state index contributed by atoms with van der Waals surface area (Å²) in [5, 5.41) is 10.4. The molecule has 0 unspecified atom stereocenters. The van der Waals surface area contributed by atoms with E-state index in [0.29, 0.717) is 14.9 Å². The van der Waals surface area contributed by atoms with Crippen molar-refractivity contribution in [3.63, 3.8) is 0 Å². The smallest absolute Gasteiger partial charge is 0.339 e. The molecule has 0 saturated carbocycles. The van der Waals surface area contributed by atoms with Crippen LogP contribution in [0.1, 0.15) is 11.1 Å². The van der Waals surface area contributed by atoms with Gasteiger partial charge in [0.1, 0.15) is 17.3 Å². The maximum atomic E-state index is 12.9. The van der Waals surface area contributed by atoms with E-state index in [1.807, 2.05) is 53.8 Å². The van der Waals surface area contributed by atoms with Crippen LogP contribution in [0.2, 0.25) is 0 Å². The van der Waals surface area contributed by atoms with Crippen LogP contribution in [0.4, 0.5) is 10.5 Å². The lowest BCUT2D eigenvalue weighted by Gasteiger charge is -2.14. The number of carbonyl (C=O) groups excluding carboxylic acids is 2. The molecule has 3 aromatic carbocycles. The first-order chi connectivity index (χ1) is 19.0. The van der Waals surface area contributed by atoms with Crippen LogP contribution in [0.5, 0.6) is 17.2 Å². The van der Waals surface area contributed by atoms with Crippen molar-refractivity contribution in [2.45, 2.75) is 11.8 Å². The van der Waals surface area contributed by atoms with Crippen LogP contribution >= 0.6 is 34.4 Å². The molecule has 0 bridgehead atoms. The molecule has 40 heavy (non-hydrogen) atoms. The summed E-state index contributed by atoms with van der Waals surface area (Å²) >= 11 is 2.64. The van der Waals surface area contributed by atoms with Gasteiger partial charge in [-0.05, 0) is 89.3 Å². The Kier molecular flexibility index (Phi) is 9.00. The molecule has 4 rings (SSSR count). The summed E-state index contributed by atoms with van der Waals surface area (Å²) in [6, 6.07) is 14.7. The molecule has 11 nitrogen and oxygen atoms in total. The Bertz CT molecular complexity index is 1610. The summed E-state index contributed by atoms with van der Waals surface area (Å²) < 4.78 is 42.2. The number of hydrogen-bond donors (Lipinski definition) is 0. The predicted octanol–water partition coefficient (Wildman–Crippen LogP) is 5.40. The van der Waals surface area contributed by atoms with Crippen molar-refractivity contribution in [2.75, 3.05) is 20.3 Å². The number of methoxy groups -OCH3 is 1. The Morgan fingerprint density at radius 2 is 1.75 bits per heavy atom. The number of amides is 2. The first-order valence-electron chi connectivity index (χ1n) is 11.5. The lowest BCUT2D eigenvalue weighted by molar-refractivity contribution is -0.384. The highest BCUT2D eigenvalue weighted by atomic mass is 127. The molecule has 0 aliphatic carbocycles. The van der Waals surface area contributed by atoms with Crippen LogP contribution in [0, 0.1) is 20.6 Å². The minimum absolute atomic E-state index is 0.0642. The number of carbonyl (C=O) groups is 2. The fourth-order valence-corrected chi connectivity index (χ4v) is 6.24. The van der Waals surface area contributed by atoms with Crippen LogP contribution in [0.15, 0.2) is 70.5 Å². The molecule has 1 fully saturated rings. The summed E-state index contributed by atoms with van der Waals surface area (Å²) in [7, 11) is -3.02. The van der Waals surface area contributed by atoms with Crippen LogP contribution in [0.3, 0.4) is 0 Å². The normalized spacial score (nSPS) is 14.5. The Labute approximate surface area is 247 Å². The largest absolute Gasteiger partial charge is 0.493 e. The molecule has 3 aromatic rings. The van der Waals surface area contributed by atoms with E-state index >= 15 is 0 Å². The number of nitrogens with zero attached hydrogens (tertiary/aromatic N) is 2. The van der Waals surface area contributed by atoms with Crippen molar-refractivity contribution in [1.29, 1.82) is 0 Å². The van der Waals surface area contributed by atoms with Crippen molar-refractivity contribution in [3.8, 4) is 17.2 Å². The average Bonchev–Trinajstić information content (AvgIpc) is 3.18. The second kappa shape index (κ2) is 12.3. The quantitative estimate of drug-likeness (QED) is 0.0890. The molecular formula is C26H21IN2O9S2. The van der Waals surface area contributed by atoms with E-state index in [1.54, 1.807) is 6.07 Å². The van der Waals surface area contributed by atoms with Crippen molar-refractivity contribution >= 4 is 67.4 Å². The summed E-state index contributed by atoms with van der Waals surface area (Å²) in [5.74, 6) is 0.125. The second-order valence-corrected chi connectivity index (χ2v) is 12.0. The van der Waals surface area contributed by atoms with Gasteiger partial charge in [0.25, 0.3) is 16.8 Å². The Hall–Kier alpha value is -3.63. The monoisotopic (exact) mass is 696 g/mol. The number of rotatable bonds is 10. The summed E-state index contributed by atoms with van der Waals surface area (Å²) in [6.07, 6.45) is 1.50. The SMILES string of the molecule is COc1cc(/C=C2\SC(=O)N(CCOc3ccc(C)cc3)C2=O)cc(I)c1OS(=O)(=O)c1ccc([N+](=O)[O-])cc1. The molecule has 1 saturated heterocycles. The fourth-order valence-electron chi connectivity index (χ4n) is 3.53. The molecular weight excluding hydrogens is 675 g/mol. The highest BCUT2D eigenvalue weighted by molar-refractivity contribution is 14.1. The van der Waals surface area contributed by atoms with Gasteiger partial charge < -0.3 is 13.7 Å². The first-order valence-corrected chi connectivity index (χ1v) is 14.8. The van der Waals surface area contributed by atoms with Gasteiger partial charge in [-0.2, -0.15) is 8.42 Å². The highest BCUT2D eigenvalue weighted by Gasteiger charge is 2.35. The summed E-state index contributed by atoms with van der Waals surface area (Å²) in [4.78, 5) is 36.6. The minimum atomic E-state index is -4.34. The molecule has 1 aliphatic rings. The zero-order chi connectivity index (χ0) is 29.0. The zero-order valence-corrected chi connectivity index (χ0v) is 24.8. The number of aryl methyl sites for hydroxylation is 1. The van der Waals surface area contributed by atoms with Gasteiger partial charge in [0.15, 0.2) is 11.5 Å². The molecule has 1 aliphatic heterocycles. The standard InChI is InChI=1S/C26H21IN2O9S2/c1-16-3-7-19(8-4-16)37-12-11-28-25(30)23(39-26(28)31)15-17-13-21(27)24(22(14-17)36-2)38-40(34,35)20-9-5-18(6-10-20)29(32)33/h3-10,13-15H,11-12H2,1-2H3/b23-15-. The van der Waals surface area contributed by atoms with Crippen molar-refractivity contribution in [3.05, 3.63) is 90.4 Å². The van der Waals surface area contributed by atoms with Gasteiger partial charge in [0, 0.05) is 12.1 Å². The lowest BCUT2D eigenvalue weighted by atomic mass is 10.2. The van der Waals surface area contributed by atoms with E-state index in [-0.39, 0.29) is 40.1 Å². The Balaban J connectivity index is 1.49. The number of nitro benzene ring substituents is 1. The van der Waals surface area contributed by atoms with Crippen molar-refractivity contribution in [1.82, 2.24) is 4.90 Å². The minimum Gasteiger partial charge on any atom is -0.493 e. The van der Waals surface area contributed by atoms with Crippen LogP contribution in [-0.2, 0) is 14.9 Å². The van der Waals surface area contributed by atoms with Gasteiger partial charge >= 0.3 is 10.1 Å². The number of hydrogen-bond acceptors (Lipinski definition) is 10. The molecule has 0 spiro atoms. The molecule has 1 heterocycles. The Morgan fingerprint density at radius 1 is 1.07 bits per heavy atom. The number of non-ortho nitro benzene ring substituents is 1. The van der Waals surface area contributed by atoms with E-state index in [2.05, 4.69) is 0 Å². The third-order valence-electron chi connectivity index (χ3n) is 5.56. The predicted molar refractivity (Wildman–Crippen MR) is 156 cm³/mol. The van der Waals surface area contributed by atoms with E-state index in [9.17, 15) is 28.1 Å². The van der Waals surface area contributed by atoms with Crippen LogP contribution < -0.4 is 13.7 Å². The number of imide groups is 1. The number of ether oxygens (including phenoxy) is 2. The van der Waals surface area contributed by atoms with E-state index in [0.717, 1.165) is 46.5 Å². The number of thioether (sulfide) groups is 1. The number of halogens is 1. The maximum Gasteiger partial charge on any atom is 0.339 e.